The molecule has 108 valence electrons. The van der Waals surface area contributed by atoms with Crippen molar-refractivity contribution in [3.05, 3.63) is 74.8 Å². The number of nitrogens with zero attached hydrogens (tertiary/aromatic N) is 1. The molecule has 0 fully saturated rings. The zero-order chi connectivity index (χ0) is 15.4. The second-order valence-corrected chi connectivity index (χ2v) is 4.91. The van der Waals surface area contributed by atoms with Gasteiger partial charge in [-0.25, -0.2) is 0 Å². The van der Waals surface area contributed by atoms with Gasteiger partial charge in [0.1, 0.15) is 0 Å². The molecule has 0 saturated carbocycles. The summed E-state index contributed by atoms with van der Waals surface area (Å²) < 4.78 is 0. The lowest BCUT2D eigenvalue weighted by molar-refractivity contribution is -0.385. The van der Waals surface area contributed by atoms with Crippen molar-refractivity contribution in [1.29, 1.82) is 0 Å². The lowest BCUT2D eigenvalue weighted by Crippen LogP contribution is -2.16. The van der Waals surface area contributed by atoms with Gasteiger partial charge in [0.25, 0.3) is 5.69 Å². The second kappa shape index (κ2) is 6.37. The summed E-state index contributed by atoms with van der Waals surface area (Å²) in [6.07, 6.45) is 0.0971. The van der Waals surface area contributed by atoms with Crippen LogP contribution in [0.2, 0.25) is 5.02 Å². The molecule has 0 aromatic heterocycles. The first-order valence-corrected chi connectivity index (χ1v) is 6.58. The zero-order valence-corrected chi connectivity index (χ0v) is 11.7. The van der Waals surface area contributed by atoms with Crippen LogP contribution in [0.3, 0.4) is 0 Å². The standard InChI is InChI=1S/C15H12ClNO4/c16-13-7-3-1-5-10(13)9-12(15(18)19)11-6-2-4-8-14(11)17(20)21/h1-8,12H,9H2,(H,18,19). The molecular formula is C15H12ClNO4. The van der Waals surface area contributed by atoms with Crippen LogP contribution in [0.25, 0.3) is 0 Å². The van der Waals surface area contributed by atoms with Crippen molar-refractivity contribution >= 4 is 23.3 Å². The molecule has 0 radical (unpaired) electrons. The molecule has 5 nitrogen and oxygen atoms in total. The molecule has 1 N–H and O–H groups in total. The van der Waals surface area contributed by atoms with E-state index in [4.69, 9.17) is 11.6 Å². The molecule has 0 aliphatic heterocycles. The minimum absolute atomic E-state index is 0.0971. The predicted molar refractivity (Wildman–Crippen MR) is 78.6 cm³/mol. The van der Waals surface area contributed by atoms with E-state index in [9.17, 15) is 20.0 Å². The fourth-order valence-corrected chi connectivity index (χ4v) is 2.38. The lowest BCUT2D eigenvalue weighted by atomic mass is 9.91. The average molecular weight is 306 g/mol. The number of aliphatic carboxylic acids is 1. The van der Waals surface area contributed by atoms with Crippen LogP contribution in [-0.4, -0.2) is 16.0 Å². The Morgan fingerprint density at radius 3 is 2.43 bits per heavy atom. The van der Waals surface area contributed by atoms with Gasteiger partial charge in [0.15, 0.2) is 0 Å². The van der Waals surface area contributed by atoms with Crippen LogP contribution in [0, 0.1) is 10.1 Å². The molecule has 21 heavy (non-hydrogen) atoms. The minimum Gasteiger partial charge on any atom is -0.481 e. The summed E-state index contributed by atoms with van der Waals surface area (Å²) >= 11 is 6.04. The minimum atomic E-state index is -1.12. The number of nitro groups is 1. The van der Waals surface area contributed by atoms with E-state index < -0.39 is 16.8 Å². The summed E-state index contributed by atoms with van der Waals surface area (Å²) in [5, 5.41) is 20.9. The predicted octanol–water partition coefficient (Wildman–Crippen LogP) is 3.66. The van der Waals surface area contributed by atoms with Gasteiger partial charge in [-0.15, -0.1) is 0 Å². The summed E-state index contributed by atoms with van der Waals surface area (Å²) in [7, 11) is 0. The number of nitro benzene ring substituents is 1. The van der Waals surface area contributed by atoms with Gasteiger partial charge >= 0.3 is 5.97 Å². The van der Waals surface area contributed by atoms with Gasteiger partial charge in [0, 0.05) is 16.7 Å². The van der Waals surface area contributed by atoms with E-state index in [1.807, 2.05) is 0 Å². The van der Waals surface area contributed by atoms with Crippen LogP contribution in [0.1, 0.15) is 17.0 Å². The Morgan fingerprint density at radius 1 is 1.19 bits per heavy atom. The van der Waals surface area contributed by atoms with Gasteiger partial charge in [-0.05, 0) is 18.1 Å². The fourth-order valence-electron chi connectivity index (χ4n) is 2.16. The molecule has 0 bridgehead atoms. The Morgan fingerprint density at radius 2 is 1.81 bits per heavy atom. The number of carbonyl (C=O) groups is 1. The van der Waals surface area contributed by atoms with Gasteiger partial charge in [-0.1, -0.05) is 48.0 Å². The van der Waals surface area contributed by atoms with E-state index in [2.05, 4.69) is 0 Å². The van der Waals surface area contributed by atoms with Gasteiger partial charge in [0.2, 0.25) is 0 Å². The first-order valence-electron chi connectivity index (χ1n) is 6.20. The zero-order valence-electron chi connectivity index (χ0n) is 10.9. The number of carboxylic acid groups (broad SMARTS) is 1. The summed E-state index contributed by atoms with van der Waals surface area (Å²) in [6, 6.07) is 12.7. The molecule has 2 aromatic carbocycles. The molecule has 1 atom stereocenters. The van der Waals surface area contributed by atoms with Crippen LogP contribution in [0.5, 0.6) is 0 Å². The molecule has 0 spiro atoms. The highest BCUT2D eigenvalue weighted by Crippen LogP contribution is 2.31. The molecule has 2 aromatic rings. The lowest BCUT2D eigenvalue weighted by Gasteiger charge is -2.14. The van der Waals surface area contributed by atoms with E-state index >= 15 is 0 Å². The molecule has 1 unspecified atom stereocenters. The Labute approximate surface area is 125 Å². The summed E-state index contributed by atoms with van der Waals surface area (Å²) in [4.78, 5) is 22.0. The van der Waals surface area contributed by atoms with Crippen molar-refractivity contribution in [2.45, 2.75) is 12.3 Å². The second-order valence-electron chi connectivity index (χ2n) is 4.50. The summed E-state index contributed by atoms with van der Waals surface area (Å²) in [5.41, 5.74) is 0.622. The fraction of sp³-hybridized carbons (Fsp3) is 0.133. The van der Waals surface area contributed by atoms with Crippen LogP contribution in [-0.2, 0) is 11.2 Å². The molecule has 0 amide bonds. The van der Waals surface area contributed by atoms with E-state index in [-0.39, 0.29) is 17.7 Å². The summed E-state index contributed by atoms with van der Waals surface area (Å²) in [6.45, 7) is 0. The normalized spacial score (nSPS) is 11.9. The monoisotopic (exact) mass is 305 g/mol. The van der Waals surface area contributed by atoms with Crippen LogP contribution in [0.15, 0.2) is 48.5 Å². The number of halogens is 1. The maximum atomic E-state index is 11.5. The van der Waals surface area contributed by atoms with E-state index in [0.29, 0.717) is 10.6 Å². The third-order valence-electron chi connectivity index (χ3n) is 3.19. The highest BCUT2D eigenvalue weighted by molar-refractivity contribution is 6.31. The Bertz CT molecular complexity index is 687. The van der Waals surface area contributed by atoms with E-state index in [0.717, 1.165) is 0 Å². The van der Waals surface area contributed by atoms with Gasteiger partial charge in [-0.3, -0.25) is 14.9 Å². The highest BCUT2D eigenvalue weighted by atomic mass is 35.5. The quantitative estimate of drug-likeness (QED) is 0.675. The van der Waals surface area contributed by atoms with Crippen LogP contribution >= 0.6 is 11.6 Å². The molecular weight excluding hydrogens is 294 g/mol. The molecule has 2 rings (SSSR count). The summed E-state index contributed by atoms with van der Waals surface area (Å²) in [5.74, 6) is -2.14. The maximum Gasteiger partial charge on any atom is 0.311 e. The maximum absolute atomic E-state index is 11.5. The van der Waals surface area contributed by atoms with Gasteiger partial charge in [-0.2, -0.15) is 0 Å². The average Bonchev–Trinajstić information content (AvgIpc) is 2.46. The van der Waals surface area contributed by atoms with Crippen molar-refractivity contribution in [3.8, 4) is 0 Å². The van der Waals surface area contributed by atoms with Crippen LogP contribution in [0.4, 0.5) is 5.69 Å². The molecule has 0 heterocycles. The first-order chi connectivity index (χ1) is 10.0. The van der Waals surface area contributed by atoms with Crippen molar-refractivity contribution in [2.75, 3.05) is 0 Å². The number of hydrogen-bond acceptors (Lipinski definition) is 3. The number of para-hydroxylation sites is 1. The first kappa shape index (κ1) is 15.0. The number of carboxylic acids is 1. The SMILES string of the molecule is O=C(O)C(Cc1ccccc1Cl)c1ccccc1[N+](=O)[O-]. The Kier molecular flexibility index (Phi) is 4.55. The number of hydrogen-bond donors (Lipinski definition) is 1. The largest absolute Gasteiger partial charge is 0.481 e. The Balaban J connectivity index is 2.44. The van der Waals surface area contributed by atoms with Gasteiger partial charge in [0.05, 0.1) is 10.8 Å². The van der Waals surface area contributed by atoms with Crippen molar-refractivity contribution in [3.63, 3.8) is 0 Å². The third-order valence-corrected chi connectivity index (χ3v) is 3.56. The van der Waals surface area contributed by atoms with E-state index in [1.165, 1.54) is 18.2 Å². The third kappa shape index (κ3) is 3.38. The number of rotatable bonds is 5. The Hall–Kier alpha value is -2.40. The number of benzene rings is 2. The smallest absolute Gasteiger partial charge is 0.311 e. The van der Waals surface area contributed by atoms with Crippen molar-refractivity contribution in [2.24, 2.45) is 0 Å². The molecule has 0 aliphatic rings. The molecule has 0 saturated heterocycles. The highest BCUT2D eigenvalue weighted by Gasteiger charge is 2.28. The molecule has 6 heteroatoms. The van der Waals surface area contributed by atoms with Crippen molar-refractivity contribution in [1.82, 2.24) is 0 Å². The van der Waals surface area contributed by atoms with E-state index in [1.54, 1.807) is 30.3 Å². The molecule has 0 aliphatic carbocycles. The van der Waals surface area contributed by atoms with Gasteiger partial charge < -0.3 is 5.11 Å². The topological polar surface area (TPSA) is 80.4 Å². The van der Waals surface area contributed by atoms with Crippen LogP contribution < -0.4 is 0 Å². The van der Waals surface area contributed by atoms with Crippen molar-refractivity contribution < 1.29 is 14.8 Å².